The molecule has 2 fully saturated rings. The largest absolute Gasteiger partial charge is 0.478 e. The van der Waals surface area contributed by atoms with Gasteiger partial charge in [-0.2, -0.15) is 13.2 Å². The van der Waals surface area contributed by atoms with E-state index in [-0.39, 0.29) is 39.5 Å². The third-order valence-corrected chi connectivity index (χ3v) is 15.8. The lowest BCUT2D eigenvalue weighted by Crippen LogP contribution is -2.46. The number of hydrogen-bond donors (Lipinski definition) is 4. The fraction of sp³-hybridized carbons (Fsp3) is 0.327. The number of aromatic carboxylic acids is 1. The van der Waals surface area contributed by atoms with Gasteiger partial charge in [-0.3, -0.25) is 4.72 Å². The summed E-state index contributed by atoms with van der Waals surface area (Å²) in [4.78, 5) is 20.1. The molecule has 0 bridgehead atoms. The molecule has 2 saturated heterocycles. The van der Waals surface area contributed by atoms with Crippen LogP contribution in [0.25, 0.3) is 22.4 Å². The zero-order valence-electron chi connectivity index (χ0n) is 38.4. The molecule has 0 unspecified atom stereocenters. The van der Waals surface area contributed by atoms with Crippen LogP contribution in [0.3, 0.4) is 0 Å². The fourth-order valence-electron chi connectivity index (χ4n) is 9.18. The Bertz CT molecular complexity index is 2830. The summed E-state index contributed by atoms with van der Waals surface area (Å²) < 4.78 is 74.2. The molecule has 5 aromatic carbocycles. The van der Waals surface area contributed by atoms with Gasteiger partial charge in [0.2, 0.25) is 0 Å². The number of carboxylic acids is 1. The fourth-order valence-corrected chi connectivity index (χ4v) is 11.4. The number of rotatable bonds is 17. The second-order valence-corrected chi connectivity index (χ2v) is 20.9. The Morgan fingerprint density at radius 1 is 0.826 bits per heavy atom. The maximum atomic E-state index is 14.1. The highest BCUT2D eigenvalue weighted by atomic mass is 35.5. The number of carboxylic acid groups (broad SMARTS) is 1. The number of aromatic nitrogens is 1. The summed E-state index contributed by atoms with van der Waals surface area (Å²) >= 11 is 7.80. The van der Waals surface area contributed by atoms with Crippen LogP contribution in [0.1, 0.15) is 40.9 Å². The van der Waals surface area contributed by atoms with Crippen molar-refractivity contribution in [1.29, 1.82) is 0 Å². The maximum Gasteiger partial charge on any atom is 0.393 e. The Labute approximate surface area is 411 Å². The van der Waals surface area contributed by atoms with Crippen LogP contribution < -0.4 is 19.8 Å². The van der Waals surface area contributed by atoms with Crippen LogP contribution in [0.15, 0.2) is 131 Å². The lowest BCUT2D eigenvalue weighted by atomic mass is 9.96. The van der Waals surface area contributed by atoms with E-state index in [9.17, 15) is 36.6 Å². The number of nitrogens with one attached hydrogen (secondary N) is 2. The molecular formula is C52H56ClF3N6O5S2. The van der Waals surface area contributed by atoms with Crippen molar-refractivity contribution >= 4 is 62.1 Å². The Hall–Kier alpha value is -5.65. The van der Waals surface area contributed by atoms with Gasteiger partial charge in [-0.25, -0.2) is 13.2 Å². The van der Waals surface area contributed by atoms with Crippen LogP contribution in [0.5, 0.6) is 0 Å². The highest BCUT2D eigenvalue weighted by Gasteiger charge is 2.31. The first-order valence-corrected chi connectivity index (χ1v) is 25.8. The van der Waals surface area contributed by atoms with Gasteiger partial charge in [-0.15, -0.1) is 11.8 Å². The number of anilines is 4. The number of alkyl halides is 3. The third-order valence-electron chi connectivity index (χ3n) is 13.0. The molecule has 8 rings (SSSR count). The van der Waals surface area contributed by atoms with Crippen molar-refractivity contribution in [3.8, 4) is 22.4 Å². The molecule has 364 valence electrons. The number of benzene rings is 5. The normalized spacial score (nSPS) is 15.6. The summed E-state index contributed by atoms with van der Waals surface area (Å²) in [6.07, 6.45) is -4.21. The number of thioether (sulfide) groups is 1. The highest BCUT2D eigenvalue weighted by Crippen LogP contribution is 2.41. The van der Waals surface area contributed by atoms with Crippen molar-refractivity contribution in [3.05, 3.63) is 143 Å². The van der Waals surface area contributed by atoms with Gasteiger partial charge >= 0.3 is 12.1 Å². The molecule has 11 nitrogen and oxygen atoms in total. The molecule has 6 aromatic rings. The van der Waals surface area contributed by atoms with Gasteiger partial charge in [0.15, 0.2) is 0 Å². The Morgan fingerprint density at radius 2 is 1.49 bits per heavy atom. The summed E-state index contributed by atoms with van der Waals surface area (Å²) in [5.41, 5.74) is 6.11. The average Bonchev–Trinajstić information content (AvgIpc) is 3.60. The van der Waals surface area contributed by atoms with Gasteiger partial charge in [0, 0.05) is 109 Å². The van der Waals surface area contributed by atoms with Gasteiger partial charge in [0.05, 0.1) is 28.7 Å². The monoisotopic (exact) mass is 1000 g/mol. The van der Waals surface area contributed by atoms with Crippen LogP contribution in [0.4, 0.5) is 35.9 Å². The van der Waals surface area contributed by atoms with Gasteiger partial charge < -0.3 is 34.8 Å². The molecule has 69 heavy (non-hydrogen) atoms. The molecule has 0 spiro atoms. The lowest BCUT2D eigenvalue weighted by molar-refractivity contribution is -0.127. The number of piperazine rings is 1. The second kappa shape index (κ2) is 21.6. The quantitative estimate of drug-likeness (QED) is 0.0656. The minimum absolute atomic E-state index is 0.162. The minimum Gasteiger partial charge on any atom is -0.478 e. The predicted molar refractivity (Wildman–Crippen MR) is 272 cm³/mol. The molecule has 0 saturated carbocycles. The molecular weight excluding hydrogens is 945 g/mol. The van der Waals surface area contributed by atoms with Crippen molar-refractivity contribution in [2.45, 2.75) is 60.7 Å². The van der Waals surface area contributed by atoms with Crippen molar-refractivity contribution in [3.63, 3.8) is 0 Å². The number of carbonyl (C=O) groups is 1. The Balaban J connectivity index is 0.933. The predicted octanol–water partition coefficient (Wildman–Crippen LogP) is 10.7. The molecule has 0 aliphatic carbocycles. The van der Waals surface area contributed by atoms with Crippen molar-refractivity contribution < 1.29 is 36.6 Å². The molecule has 3 heterocycles. The number of nitrogens with zero attached hydrogens (tertiary/aromatic N) is 4. The summed E-state index contributed by atoms with van der Waals surface area (Å²) in [7, 11) is -2.41. The smallest absolute Gasteiger partial charge is 0.393 e. The molecule has 2 aliphatic rings. The first-order chi connectivity index (χ1) is 33.0. The van der Waals surface area contributed by atoms with E-state index in [0.29, 0.717) is 74.0 Å². The third kappa shape index (κ3) is 12.4. The minimum atomic E-state index is -4.59. The van der Waals surface area contributed by atoms with E-state index >= 15 is 0 Å². The first kappa shape index (κ1) is 49.8. The number of hydrogen-bond acceptors (Lipinski definition) is 9. The van der Waals surface area contributed by atoms with E-state index in [0.717, 1.165) is 52.2 Å². The Kier molecular flexibility index (Phi) is 15.5. The number of aliphatic hydroxyl groups is 1. The average molecular weight is 1000 g/mol. The topological polar surface area (TPSA) is 130 Å². The van der Waals surface area contributed by atoms with Crippen LogP contribution in [-0.4, -0.2) is 104 Å². The van der Waals surface area contributed by atoms with Gasteiger partial charge in [-0.05, 0) is 122 Å². The van der Waals surface area contributed by atoms with Gasteiger partial charge in [-0.1, -0.05) is 54.1 Å². The maximum absolute atomic E-state index is 14.1. The standard InChI is InChI=1S/C52H56ClF3N6O5S2/c1-35-48(51(64)65)49(50(59(35)2)36-11-13-39(53)14-12-36)37-7-6-8-43(31-37)62-29-27-61(28-30-62)42-17-15-40(16-18-42)58-69(66,67)46-19-20-47(38(32-46)33-52(54,55)56)57-41(34-68-45-9-4-3-5-10-45)21-24-60-25-22-44(63)23-26-60/h3-20,31-32,41,44,57-58,63H,21-30,33-34H2,1-2H3,(H,64,65)/t41-/m1/s1. The van der Waals surface area contributed by atoms with Gasteiger partial charge in [0.1, 0.15) is 0 Å². The molecule has 1 aromatic heterocycles. The van der Waals surface area contributed by atoms with Crippen molar-refractivity contribution in [1.82, 2.24) is 9.47 Å². The van der Waals surface area contributed by atoms with E-state index < -0.39 is 28.6 Å². The zero-order valence-corrected chi connectivity index (χ0v) is 40.8. The van der Waals surface area contributed by atoms with E-state index in [1.54, 1.807) is 43.0 Å². The number of likely N-dealkylation sites (tertiary alicyclic amines) is 1. The van der Waals surface area contributed by atoms with E-state index in [2.05, 4.69) is 24.7 Å². The number of piperidine rings is 1. The first-order valence-electron chi connectivity index (χ1n) is 23.0. The van der Waals surface area contributed by atoms with Crippen molar-refractivity contribution in [2.75, 3.05) is 71.4 Å². The second-order valence-electron chi connectivity index (χ2n) is 17.7. The molecule has 1 atom stereocenters. The number of sulfonamides is 1. The summed E-state index contributed by atoms with van der Waals surface area (Å²) in [6.45, 7) is 6.66. The zero-order chi connectivity index (χ0) is 48.9. The molecule has 0 amide bonds. The summed E-state index contributed by atoms with van der Waals surface area (Å²) in [5.74, 6) is -0.430. The lowest BCUT2D eigenvalue weighted by Gasteiger charge is -2.37. The summed E-state index contributed by atoms with van der Waals surface area (Å²) in [5, 5.41) is 24.3. The van der Waals surface area contributed by atoms with Gasteiger partial charge in [0.25, 0.3) is 10.0 Å². The van der Waals surface area contributed by atoms with Crippen LogP contribution in [0.2, 0.25) is 5.02 Å². The molecule has 2 aliphatic heterocycles. The van der Waals surface area contributed by atoms with Crippen LogP contribution in [0, 0.1) is 6.92 Å². The van der Waals surface area contributed by atoms with Crippen LogP contribution >= 0.6 is 23.4 Å². The SMILES string of the molecule is Cc1c(C(=O)O)c(-c2cccc(N3CCN(c4ccc(NS(=O)(=O)c5ccc(N[C@H](CCN6CCC(O)CC6)CSc6ccccc6)c(CC(F)(F)F)c5)cc4)CC3)c2)c(-c2ccc(Cl)cc2)n1C. The molecule has 4 N–H and O–H groups in total. The van der Waals surface area contributed by atoms with E-state index in [4.69, 9.17) is 11.6 Å². The van der Waals surface area contributed by atoms with Crippen molar-refractivity contribution in [2.24, 2.45) is 7.05 Å². The van der Waals surface area contributed by atoms with E-state index in [1.807, 2.05) is 90.5 Å². The summed E-state index contributed by atoms with van der Waals surface area (Å²) in [6, 6.07) is 35.6. The van der Waals surface area contributed by atoms with E-state index in [1.165, 1.54) is 12.1 Å². The Morgan fingerprint density at radius 3 is 2.14 bits per heavy atom. The van der Waals surface area contributed by atoms with Crippen LogP contribution in [-0.2, 0) is 23.5 Å². The number of halogens is 4. The number of aliphatic hydroxyl groups excluding tert-OH is 1. The molecule has 17 heteroatoms. The molecule has 0 radical (unpaired) electrons. The highest BCUT2D eigenvalue weighted by molar-refractivity contribution is 7.99.